The Balaban J connectivity index is 1.20. The summed E-state index contributed by atoms with van der Waals surface area (Å²) < 4.78 is 64.0. The molecule has 0 saturated heterocycles. The van der Waals surface area contributed by atoms with Gasteiger partial charge in [0, 0.05) is 55.5 Å². The second-order valence-corrected chi connectivity index (χ2v) is 10.4. The van der Waals surface area contributed by atoms with Gasteiger partial charge in [0.05, 0.1) is 0 Å². The van der Waals surface area contributed by atoms with Crippen LogP contribution in [0, 0.1) is 11.8 Å². The molecule has 2 aromatic rings. The molecule has 1 saturated carbocycles. The summed E-state index contributed by atoms with van der Waals surface area (Å²) in [6.45, 7) is 2.73. The minimum Gasteiger partial charge on any atom is -0.303 e. The maximum absolute atomic E-state index is 13.2. The number of rotatable bonds is 9. The number of nitrogens with zero attached hydrogens (tertiary/aromatic N) is 3. The fourth-order valence-corrected chi connectivity index (χ4v) is 5.60. The second-order valence-electron chi connectivity index (χ2n) is 10.4. The van der Waals surface area contributed by atoms with Crippen molar-refractivity contribution in [3.8, 4) is 0 Å². The first kappa shape index (κ1) is 27.6. The van der Waals surface area contributed by atoms with Gasteiger partial charge in [0.15, 0.2) is 5.78 Å². The predicted octanol–water partition coefficient (Wildman–Crippen LogP) is 6.78. The van der Waals surface area contributed by atoms with E-state index in [-0.39, 0.29) is 23.7 Å². The number of hydrogen-bond acceptors (Lipinski definition) is 4. The highest BCUT2D eigenvalue weighted by atomic mass is 19.4. The van der Waals surface area contributed by atoms with Crippen molar-refractivity contribution in [3.05, 3.63) is 58.7 Å². The summed E-state index contributed by atoms with van der Waals surface area (Å²) in [4.78, 5) is 23.3. The lowest BCUT2D eigenvalue weighted by molar-refractivity contribution is -0.134. The van der Waals surface area contributed by atoms with E-state index in [1.54, 1.807) is 6.07 Å². The molecular formula is C28H34F5N3O. The number of halogens is 5. The minimum absolute atomic E-state index is 0.0451. The highest BCUT2D eigenvalue weighted by Crippen LogP contribution is 2.34. The van der Waals surface area contributed by atoms with E-state index in [4.69, 9.17) is 0 Å². The monoisotopic (exact) mass is 523 g/mol. The van der Waals surface area contributed by atoms with Crippen molar-refractivity contribution in [2.75, 3.05) is 19.6 Å². The number of aryl methyl sites for hydroxylation is 1. The molecule has 37 heavy (non-hydrogen) atoms. The quantitative estimate of drug-likeness (QED) is 0.269. The van der Waals surface area contributed by atoms with E-state index in [1.807, 2.05) is 6.07 Å². The lowest BCUT2D eigenvalue weighted by Crippen LogP contribution is -2.29. The fraction of sp³-hybridized carbons (Fsp3) is 0.607. The largest absolute Gasteiger partial charge is 0.389 e. The molecule has 1 fully saturated rings. The van der Waals surface area contributed by atoms with E-state index in [0.29, 0.717) is 18.0 Å². The summed E-state index contributed by atoms with van der Waals surface area (Å²) in [5.74, 6) is 0.560. The minimum atomic E-state index is -4.17. The molecule has 2 aliphatic rings. The second kappa shape index (κ2) is 12.4. The van der Waals surface area contributed by atoms with Crippen LogP contribution in [-0.4, -0.2) is 46.5 Å². The van der Waals surface area contributed by atoms with Crippen LogP contribution < -0.4 is 0 Å². The summed E-state index contributed by atoms with van der Waals surface area (Å²) in [5, 5.41) is 0. The number of fused-ring (bicyclic) bond motifs is 1. The molecule has 0 radical (unpaired) electrons. The Hall–Kier alpha value is -2.42. The van der Waals surface area contributed by atoms with E-state index in [0.717, 1.165) is 75.8 Å². The van der Waals surface area contributed by atoms with Crippen LogP contribution in [0.3, 0.4) is 0 Å². The number of ketones is 1. The number of aromatic nitrogens is 2. The molecule has 0 bridgehead atoms. The molecule has 0 aromatic carbocycles. The number of carbonyl (C=O) groups is 1. The van der Waals surface area contributed by atoms with Crippen LogP contribution in [0.15, 0.2) is 30.5 Å². The highest BCUT2D eigenvalue weighted by molar-refractivity contribution is 5.97. The zero-order valence-electron chi connectivity index (χ0n) is 21.0. The third-order valence-corrected chi connectivity index (χ3v) is 7.79. The molecule has 0 amide bonds. The van der Waals surface area contributed by atoms with Gasteiger partial charge in [-0.1, -0.05) is 18.9 Å². The first-order valence-corrected chi connectivity index (χ1v) is 13.2. The third kappa shape index (κ3) is 8.03. The van der Waals surface area contributed by atoms with Gasteiger partial charge in [-0.15, -0.1) is 0 Å². The molecule has 3 heterocycles. The van der Waals surface area contributed by atoms with Gasteiger partial charge < -0.3 is 4.90 Å². The molecule has 4 rings (SSSR count). The molecule has 0 N–H and O–H groups in total. The average molecular weight is 524 g/mol. The Labute approximate surface area is 214 Å². The van der Waals surface area contributed by atoms with E-state index < -0.39 is 24.7 Å². The Kier molecular flexibility index (Phi) is 9.27. The maximum atomic E-state index is 13.2. The van der Waals surface area contributed by atoms with Crippen molar-refractivity contribution < 1.29 is 26.7 Å². The van der Waals surface area contributed by atoms with Crippen molar-refractivity contribution in [1.29, 1.82) is 0 Å². The number of carbonyl (C=O) groups excluding carboxylic acids is 1. The van der Waals surface area contributed by atoms with Gasteiger partial charge in [-0.2, -0.15) is 13.2 Å². The van der Waals surface area contributed by atoms with Gasteiger partial charge in [-0.3, -0.25) is 14.8 Å². The Morgan fingerprint density at radius 1 is 1.03 bits per heavy atom. The molecular weight excluding hydrogens is 489 g/mol. The number of hydrogen-bond donors (Lipinski definition) is 0. The molecule has 0 spiro atoms. The molecule has 9 heteroatoms. The first-order valence-electron chi connectivity index (χ1n) is 13.2. The topological polar surface area (TPSA) is 46.1 Å². The zero-order valence-corrected chi connectivity index (χ0v) is 21.0. The van der Waals surface area contributed by atoms with Crippen LogP contribution in [0.25, 0.3) is 0 Å². The summed E-state index contributed by atoms with van der Waals surface area (Å²) in [5.41, 5.74) is 2.19. The SMILES string of the molecule is O=C(CC1CCC(CCN2CCc3ccc(CCC(F)(F)F)nc3CC2)CC1)c1cccnc1C(F)F. The molecule has 4 nitrogen and oxygen atoms in total. The van der Waals surface area contributed by atoms with Crippen LogP contribution in [0.1, 0.15) is 84.4 Å². The highest BCUT2D eigenvalue weighted by Gasteiger charge is 2.28. The smallest absolute Gasteiger partial charge is 0.303 e. The van der Waals surface area contributed by atoms with E-state index in [9.17, 15) is 26.7 Å². The fourth-order valence-electron chi connectivity index (χ4n) is 5.60. The molecule has 0 atom stereocenters. The number of Topliss-reactive ketones (excluding diaryl/α,β-unsaturated/α-hetero) is 1. The molecule has 2 aromatic heterocycles. The van der Waals surface area contributed by atoms with Crippen molar-refractivity contribution in [3.63, 3.8) is 0 Å². The summed E-state index contributed by atoms with van der Waals surface area (Å²) in [7, 11) is 0. The van der Waals surface area contributed by atoms with Crippen molar-refractivity contribution >= 4 is 5.78 Å². The standard InChI is InChI=1S/C28H34F5N3O/c29-27(30)26-23(2-1-14-34-26)25(37)18-20-5-3-19(4-6-20)10-15-36-16-11-21-7-8-22(9-13-28(31,32)33)35-24(21)12-17-36/h1-2,7-8,14,19-20,27H,3-6,9-13,15-18H2. The summed E-state index contributed by atoms with van der Waals surface area (Å²) in [6.07, 6.45) is 0.324. The third-order valence-electron chi connectivity index (χ3n) is 7.79. The Morgan fingerprint density at radius 3 is 2.49 bits per heavy atom. The van der Waals surface area contributed by atoms with Gasteiger partial charge in [-0.05, 0) is 74.2 Å². The lowest BCUT2D eigenvalue weighted by Gasteiger charge is -2.30. The Morgan fingerprint density at radius 2 is 1.76 bits per heavy atom. The molecule has 0 unspecified atom stereocenters. The summed E-state index contributed by atoms with van der Waals surface area (Å²) in [6, 6.07) is 6.64. The Bertz CT molecular complexity index is 1050. The molecule has 1 aliphatic carbocycles. The lowest BCUT2D eigenvalue weighted by atomic mass is 9.78. The van der Waals surface area contributed by atoms with E-state index in [1.165, 1.54) is 18.3 Å². The van der Waals surface area contributed by atoms with Crippen LogP contribution in [0.4, 0.5) is 22.0 Å². The number of alkyl halides is 5. The predicted molar refractivity (Wildman–Crippen MR) is 131 cm³/mol. The van der Waals surface area contributed by atoms with Crippen LogP contribution in [0.5, 0.6) is 0 Å². The average Bonchev–Trinajstić information content (AvgIpc) is 3.08. The van der Waals surface area contributed by atoms with Crippen molar-refractivity contribution in [2.45, 2.75) is 76.8 Å². The molecule has 202 valence electrons. The van der Waals surface area contributed by atoms with Crippen LogP contribution in [0.2, 0.25) is 0 Å². The van der Waals surface area contributed by atoms with Gasteiger partial charge in [0.25, 0.3) is 6.43 Å². The van der Waals surface area contributed by atoms with Gasteiger partial charge in [0.1, 0.15) is 5.69 Å². The maximum Gasteiger partial charge on any atom is 0.389 e. The summed E-state index contributed by atoms with van der Waals surface area (Å²) >= 11 is 0. The molecule has 1 aliphatic heterocycles. The van der Waals surface area contributed by atoms with Crippen LogP contribution >= 0.6 is 0 Å². The van der Waals surface area contributed by atoms with Crippen molar-refractivity contribution in [2.24, 2.45) is 11.8 Å². The van der Waals surface area contributed by atoms with Gasteiger partial charge in [-0.25, -0.2) is 8.78 Å². The van der Waals surface area contributed by atoms with Gasteiger partial charge in [0.2, 0.25) is 0 Å². The van der Waals surface area contributed by atoms with Crippen molar-refractivity contribution in [1.82, 2.24) is 14.9 Å². The zero-order chi connectivity index (χ0) is 26.4. The normalized spacial score (nSPS) is 21.0. The number of pyridine rings is 2. The van der Waals surface area contributed by atoms with Crippen LogP contribution in [-0.2, 0) is 19.3 Å². The van der Waals surface area contributed by atoms with E-state index in [2.05, 4.69) is 14.9 Å². The van der Waals surface area contributed by atoms with Gasteiger partial charge >= 0.3 is 6.18 Å². The van der Waals surface area contributed by atoms with E-state index >= 15 is 0 Å². The first-order chi connectivity index (χ1) is 17.7.